The van der Waals surface area contributed by atoms with Crippen LogP contribution in [0.2, 0.25) is 0 Å². The molecular formula is C22H35N3O5. The molecule has 2 aliphatic rings. The highest BCUT2D eigenvalue weighted by atomic mass is 16.4. The molecule has 168 valence electrons. The van der Waals surface area contributed by atoms with Gasteiger partial charge in [-0.1, -0.05) is 31.2 Å². The largest absolute Gasteiger partial charge is 0.473 e. The van der Waals surface area contributed by atoms with Crippen molar-refractivity contribution in [1.29, 1.82) is 0 Å². The number of hydrogen-bond acceptors (Lipinski definition) is 6. The van der Waals surface area contributed by atoms with Crippen LogP contribution in [0.25, 0.3) is 0 Å². The molecule has 1 aromatic carbocycles. The van der Waals surface area contributed by atoms with Crippen LogP contribution in [0.1, 0.15) is 30.9 Å². The number of aliphatic hydroxyl groups excluding tert-OH is 1. The molecule has 2 fully saturated rings. The zero-order valence-electron chi connectivity index (χ0n) is 17.9. The number of piperazine rings is 1. The predicted molar refractivity (Wildman–Crippen MR) is 114 cm³/mol. The highest BCUT2D eigenvalue weighted by molar-refractivity contribution is 6.27. The van der Waals surface area contributed by atoms with Crippen LogP contribution >= 0.6 is 0 Å². The molecule has 3 rings (SSSR count). The van der Waals surface area contributed by atoms with Crippen molar-refractivity contribution >= 4 is 11.9 Å². The molecule has 0 aliphatic carbocycles. The van der Waals surface area contributed by atoms with Gasteiger partial charge in [-0.25, -0.2) is 9.59 Å². The van der Waals surface area contributed by atoms with E-state index in [-0.39, 0.29) is 6.61 Å². The molecule has 0 radical (unpaired) electrons. The number of likely N-dealkylation sites (tertiary alicyclic amines) is 1. The van der Waals surface area contributed by atoms with Crippen LogP contribution in [-0.4, -0.2) is 100 Å². The molecule has 2 heterocycles. The molecule has 8 heteroatoms. The summed E-state index contributed by atoms with van der Waals surface area (Å²) in [6.45, 7) is 11.4. The second-order valence-electron chi connectivity index (χ2n) is 7.89. The zero-order chi connectivity index (χ0) is 21.9. The van der Waals surface area contributed by atoms with Crippen LogP contribution in [0.5, 0.6) is 0 Å². The van der Waals surface area contributed by atoms with Crippen molar-refractivity contribution in [3.8, 4) is 0 Å². The Balaban J connectivity index is 0.000000469. The van der Waals surface area contributed by atoms with E-state index in [1.54, 1.807) is 0 Å². The summed E-state index contributed by atoms with van der Waals surface area (Å²) in [4.78, 5) is 25.9. The van der Waals surface area contributed by atoms with Crippen molar-refractivity contribution in [2.75, 3.05) is 52.4 Å². The van der Waals surface area contributed by atoms with E-state index in [4.69, 9.17) is 24.9 Å². The number of aryl methyl sites for hydroxylation is 1. The van der Waals surface area contributed by atoms with Crippen LogP contribution < -0.4 is 0 Å². The minimum Gasteiger partial charge on any atom is -0.473 e. The van der Waals surface area contributed by atoms with E-state index in [1.807, 2.05) is 0 Å². The highest BCUT2D eigenvalue weighted by Gasteiger charge is 2.27. The Morgan fingerprint density at radius 2 is 1.40 bits per heavy atom. The van der Waals surface area contributed by atoms with E-state index in [1.165, 1.54) is 50.1 Å². The van der Waals surface area contributed by atoms with E-state index in [2.05, 4.69) is 45.9 Å². The summed E-state index contributed by atoms with van der Waals surface area (Å²) in [7, 11) is 0. The minimum absolute atomic E-state index is 0.289. The van der Waals surface area contributed by atoms with E-state index in [9.17, 15) is 0 Å². The molecule has 3 N–H and O–H groups in total. The van der Waals surface area contributed by atoms with Gasteiger partial charge in [0.1, 0.15) is 0 Å². The first kappa shape index (κ1) is 24.3. The van der Waals surface area contributed by atoms with E-state index in [0.717, 1.165) is 38.6 Å². The summed E-state index contributed by atoms with van der Waals surface area (Å²) in [6, 6.07) is 9.90. The van der Waals surface area contributed by atoms with Gasteiger partial charge in [0.05, 0.1) is 6.61 Å². The van der Waals surface area contributed by atoms with Gasteiger partial charge in [-0.2, -0.15) is 0 Å². The van der Waals surface area contributed by atoms with E-state index < -0.39 is 11.9 Å². The van der Waals surface area contributed by atoms with Gasteiger partial charge in [0, 0.05) is 45.3 Å². The van der Waals surface area contributed by atoms with Crippen molar-refractivity contribution in [2.45, 2.75) is 38.8 Å². The first-order chi connectivity index (χ1) is 14.4. The van der Waals surface area contributed by atoms with E-state index >= 15 is 0 Å². The third kappa shape index (κ3) is 8.02. The zero-order valence-corrected chi connectivity index (χ0v) is 17.9. The molecule has 0 amide bonds. The van der Waals surface area contributed by atoms with Gasteiger partial charge in [0.25, 0.3) is 0 Å². The van der Waals surface area contributed by atoms with Crippen molar-refractivity contribution in [1.82, 2.24) is 14.7 Å². The molecule has 2 saturated heterocycles. The maximum absolute atomic E-state index is 9.10. The summed E-state index contributed by atoms with van der Waals surface area (Å²) in [5, 5.41) is 23.8. The van der Waals surface area contributed by atoms with Gasteiger partial charge >= 0.3 is 11.9 Å². The third-order valence-corrected chi connectivity index (χ3v) is 5.92. The summed E-state index contributed by atoms with van der Waals surface area (Å²) in [6.07, 6.45) is 3.72. The van der Waals surface area contributed by atoms with Crippen molar-refractivity contribution in [3.05, 3.63) is 35.4 Å². The standard InChI is InChI=1S/C20H33N3O.C2H2O4/c1-2-18-3-5-19(6-4-18)17-22-9-7-20(8-10-22)23-13-11-21(12-14-23)15-16-24;3-1(4)2(5)6/h3-6,20,24H,2,7-17H2,1H3;(H,3,4)(H,5,6). The number of nitrogens with zero attached hydrogens (tertiary/aromatic N) is 3. The first-order valence-corrected chi connectivity index (χ1v) is 10.8. The Labute approximate surface area is 178 Å². The number of carbonyl (C=O) groups is 2. The number of benzene rings is 1. The highest BCUT2D eigenvalue weighted by Crippen LogP contribution is 2.20. The molecule has 30 heavy (non-hydrogen) atoms. The fourth-order valence-corrected chi connectivity index (χ4v) is 4.07. The maximum atomic E-state index is 9.10. The molecule has 2 aliphatic heterocycles. The number of aliphatic carboxylic acids is 2. The molecule has 0 aromatic heterocycles. The Morgan fingerprint density at radius 3 is 1.87 bits per heavy atom. The Hall–Kier alpha value is -2.00. The average molecular weight is 422 g/mol. The minimum atomic E-state index is -1.82. The molecule has 0 atom stereocenters. The number of aliphatic hydroxyl groups is 1. The van der Waals surface area contributed by atoms with Gasteiger partial charge in [-0.05, 0) is 43.5 Å². The molecule has 0 unspecified atom stereocenters. The fraction of sp³-hybridized carbons (Fsp3) is 0.636. The van der Waals surface area contributed by atoms with E-state index in [0.29, 0.717) is 0 Å². The number of rotatable bonds is 6. The Bertz CT molecular complexity index is 639. The first-order valence-electron chi connectivity index (χ1n) is 10.8. The maximum Gasteiger partial charge on any atom is 0.414 e. The molecule has 0 saturated carbocycles. The topological polar surface area (TPSA) is 105 Å². The number of carboxylic acids is 2. The Morgan fingerprint density at radius 1 is 0.867 bits per heavy atom. The summed E-state index contributed by atoms with van der Waals surface area (Å²) < 4.78 is 0. The predicted octanol–water partition coefficient (Wildman–Crippen LogP) is 0.979. The lowest BCUT2D eigenvalue weighted by molar-refractivity contribution is -0.159. The second-order valence-corrected chi connectivity index (χ2v) is 7.89. The van der Waals surface area contributed by atoms with Gasteiger partial charge in [-0.3, -0.25) is 14.7 Å². The SMILES string of the molecule is CCc1ccc(CN2CCC(N3CCN(CCO)CC3)CC2)cc1.O=C(O)C(=O)O. The number of hydrogen-bond donors (Lipinski definition) is 3. The van der Waals surface area contributed by atoms with Crippen LogP contribution in [0.3, 0.4) is 0 Å². The van der Waals surface area contributed by atoms with Gasteiger partial charge in [0.15, 0.2) is 0 Å². The number of β-amino-alcohol motifs (C(OH)–C–C–N with tert-alkyl or cyclic N) is 1. The summed E-state index contributed by atoms with van der Waals surface area (Å²) in [5.41, 5.74) is 2.88. The number of carboxylic acid groups (broad SMARTS) is 2. The van der Waals surface area contributed by atoms with Crippen molar-refractivity contribution in [3.63, 3.8) is 0 Å². The molecule has 0 spiro atoms. The molecule has 0 bridgehead atoms. The summed E-state index contributed by atoms with van der Waals surface area (Å²) in [5.74, 6) is -3.65. The van der Waals surface area contributed by atoms with Crippen LogP contribution in [0.4, 0.5) is 0 Å². The quantitative estimate of drug-likeness (QED) is 0.584. The van der Waals surface area contributed by atoms with Crippen molar-refractivity contribution in [2.24, 2.45) is 0 Å². The molecular weight excluding hydrogens is 386 g/mol. The van der Waals surface area contributed by atoms with Crippen LogP contribution in [0, 0.1) is 0 Å². The lowest BCUT2D eigenvalue weighted by Gasteiger charge is -2.42. The lowest BCUT2D eigenvalue weighted by Crippen LogP contribution is -2.53. The normalized spacial score (nSPS) is 19.1. The number of piperidine rings is 1. The second kappa shape index (κ2) is 12.6. The van der Waals surface area contributed by atoms with Crippen molar-refractivity contribution < 1.29 is 24.9 Å². The van der Waals surface area contributed by atoms with Gasteiger partial charge < -0.3 is 15.3 Å². The van der Waals surface area contributed by atoms with Gasteiger partial charge in [0.2, 0.25) is 0 Å². The average Bonchev–Trinajstić information content (AvgIpc) is 2.76. The lowest BCUT2D eigenvalue weighted by atomic mass is 10.0. The molecule has 8 nitrogen and oxygen atoms in total. The van der Waals surface area contributed by atoms with Gasteiger partial charge in [-0.15, -0.1) is 0 Å². The smallest absolute Gasteiger partial charge is 0.414 e. The summed E-state index contributed by atoms with van der Waals surface area (Å²) >= 11 is 0. The fourth-order valence-electron chi connectivity index (χ4n) is 4.07. The third-order valence-electron chi connectivity index (χ3n) is 5.92. The monoisotopic (exact) mass is 421 g/mol. The Kier molecular flexibility index (Phi) is 10.2. The van der Waals surface area contributed by atoms with Crippen LogP contribution in [-0.2, 0) is 22.6 Å². The van der Waals surface area contributed by atoms with Crippen LogP contribution in [0.15, 0.2) is 24.3 Å². The molecule has 1 aromatic rings.